The summed E-state index contributed by atoms with van der Waals surface area (Å²) in [5.41, 5.74) is 1.04. The Morgan fingerprint density at radius 3 is 2.19 bits per heavy atom. The minimum Gasteiger partial charge on any atom is -0.496 e. The first kappa shape index (κ1) is 19.0. The van der Waals surface area contributed by atoms with Gasteiger partial charge in [0.1, 0.15) is 29.6 Å². The molecular weight excluding hydrogens is 412 g/mol. The van der Waals surface area contributed by atoms with E-state index in [1.165, 1.54) is 6.92 Å². The minimum atomic E-state index is -0.414. The van der Waals surface area contributed by atoms with Gasteiger partial charge < -0.3 is 18.9 Å². The van der Waals surface area contributed by atoms with E-state index in [4.69, 9.17) is 18.9 Å². The van der Waals surface area contributed by atoms with Crippen molar-refractivity contribution >= 4 is 32.7 Å². The maximum absolute atomic E-state index is 11.5. The van der Waals surface area contributed by atoms with Gasteiger partial charge in [0.25, 0.3) is 0 Å². The number of rotatable bonds is 6. The highest BCUT2D eigenvalue weighted by Gasteiger charge is 2.20. The highest BCUT2D eigenvalue weighted by molar-refractivity contribution is 9.10. The Bertz CT molecular complexity index is 969. The topological polar surface area (TPSA) is 54.0 Å². The molecule has 0 N–H and O–H groups in total. The first-order valence-electron chi connectivity index (χ1n) is 8.27. The van der Waals surface area contributed by atoms with E-state index in [1.807, 2.05) is 30.3 Å². The minimum absolute atomic E-state index is 0.390. The van der Waals surface area contributed by atoms with Crippen LogP contribution in [0.4, 0.5) is 0 Å². The Balaban J connectivity index is 2.15. The summed E-state index contributed by atoms with van der Waals surface area (Å²) in [4.78, 5) is 11.5. The van der Waals surface area contributed by atoms with Crippen molar-refractivity contribution < 1.29 is 23.7 Å². The standard InChI is InChI=1S/C21H19BrO5/c1-13(23)27-16-10-9-15(24-2)19-17(25-3)11-18(21(22)20(16)19)26-12-14-7-5-4-6-8-14/h4-11H,12H2,1-3H3. The maximum Gasteiger partial charge on any atom is 0.308 e. The van der Waals surface area contributed by atoms with Gasteiger partial charge in [0.2, 0.25) is 0 Å². The lowest BCUT2D eigenvalue weighted by Crippen LogP contribution is -2.04. The smallest absolute Gasteiger partial charge is 0.308 e. The molecule has 0 unspecified atom stereocenters. The quantitative estimate of drug-likeness (QED) is 0.401. The van der Waals surface area contributed by atoms with E-state index in [-0.39, 0.29) is 0 Å². The van der Waals surface area contributed by atoms with Crippen molar-refractivity contribution in [3.8, 4) is 23.0 Å². The molecule has 0 aliphatic heterocycles. The Kier molecular flexibility index (Phi) is 5.86. The second-order valence-electron chi connectivity index (χ2n) is 5.77. The molecule has 0 spiro atoms. The molecule has 3 rings (SSSR count). The largest absolute Gasteiger partial charge is 0.496 e. The van der Waals surface area contributed by atoms with Crippen LogP contribution in [0.1, 0.15) is 12.5 Å². The summed E-state index contributed by atoms with van der Waals surface area (Å²) in [6.45, 7) is 1.75. The second-order valence-corrected chi connectivity index (χ2v) is 6.57. The number of hydrogen-bond donors (Lipinski definition) is 0. The molecule has 0 radical (unpaired) electrons. The number of methoxy groups -OCH3 is 2. The summed E-state index contributed by atoms with van der Waals surface area (Å²) in [7, 11) is 3.15. The molecule has 3 aromatic carbocycles. The van der Waals surface area contributed by atoms with Gasteiger partial charge in [0.15, 0.2) is 0 Å². The van der Waals surface area contributed by atoms with E-state index in [9.17, 15) is 4.79 Å². The Morgan fingerprint density at radius 2 is 1.56 bits per heavy atom. The average Bonchev–Trinajstić information content (AvgIpc) is 2.68. The molecule has 0 saturated heterocycles. The van der Waals surface area contributed by atoms with Crippen LogP contribution in [0.5, 0.6) is 23.0 Å². The van der Waals surface area contributed by atoms with Crippen LogP contribution < -0.4 is 18.9 Å². The van der Waals surface area contributed by atoms with E-state index < -0.39 is 5.97 Å². The van der Waals surface area contributed by atoms with Crippen molar-refractivity contribution in [1.29, 1.82) is 0 Å². The number of carbonyl (C=O) groups excluding carboxylic acids is 1. The van der Waals surface area contributed by atoms with E-state index in [2.05, 4.69) is 15.9 Å². The van der Waals surface area contributed by atoms with Crippen LogP contribution in [0.2, 0.25) is 0 Å². The molecule has 0 fully saturated rings. The van der Waals surface area contributed by atoms with Gasteiger partial charge in [-0.15, -0.1) is 0 Å². The van der Waals surface area contributed by atoms with E-state index in [0.717, 1.165) is 5.56 Å². The van der Waals surface area contributed by atoms with Gasteiger partial charge in [-0.1, -0.05) is 30.3 Å². The van der Waals surface area contributed by atoms with Crippen LogP contribution in [-0.2, 0) is 11.4 Å². The summed E-state index contributed by atoms with van der Waals surface area (Å²) in [6, 6.07) is 15.1. The van der Waals surface area contributed by atoms with E-state index in [1.54, 1.807) is 32.4 Å². The number of carbonyl (C=O) groups is 1. The average molecular weight is 431 g/mol. The maximum atomic E-state index is 11.5. The lowest BCUT2D eigenvalue weighted by atomic mass is 10.1. The van der Waals surface area contributed by atoms with Crippen molar-refractivity contribution in [1.82, 2.24) is 0 Å². The molecule has 0 amide bonds. The van der Waals surface area contributed by atoms with Crippen LogP contribution in [0.3, 0.4) is 0 Å². The van der Waals surface area contributed by atoms with Gasteiger partial charge in [-0.05, 0) is 33.6 Å². The molecule has 0 aliphatic rings. The fourth-order valence-corrected chi connectivity index (χ4v) is 3.44. The van der Waals surface area contributed by atoms with Gasteiger partial charge in [-0.3, -0.25) is 4.79 Å². The molecule has 0 atom stereocenters. The summed E-state index contributed by atoms with van der Waals surface area (Å²) in [6.07, 6.45) is 0. The number of ether oxygens (including phenoxy) is 4. The van der Waals surface area contributed by atoms with Crippen molar-refractivity contribution in [2.45, 2.75) is 13.5 Å². The third-order valence-electron chi connectivity index (χ3n) is 4.00. The van der Waals surface area contributed by atoms with Crippen LogP contribution in [-0.4, -0.2) is 20.2 Å². The zero-order valence-electron chi connectivity index (χ0n) is 15.2. The number of benzene rings is 3. The van der Waals surface area contributed by atoms with Crippen LogP contribution in [0, 0.1) is 0 Å². The van der Waals surface area contributed by atoms with Crippen molar-refractivity contribution in [3.05, 3.63) is 58.6 Å². The summed E-state index contributed by atoms with van der Waals surface area (Å²) < 4.78 is 23.1. The Hall–Kier alpha value is -2.73. The first-order chi connectivity index (χ1) is 13.0. The lowest BCUT2D eigenvalue weighted by Gasteiger charge is -2.17. The van der Waals surface area contributed by atoms with Gasteiger partial charge in [0.05, 0.1) is 24.1 Å². The number of halogens is 1. The van der Waals surface area contributed by atoms with Crippen molar-refractivity contribution in [2.24, 2.45) is 0 Å². The fourth-order valence-electron chi connectivity index (χ4n) is 2.82. The highest BCUT2D eigenvalue weighted by atomic mass is 79.9. The predicted molar refractivity (Wildman–Crippen MR) is 107 cm³/mol. The SMILES string of the molecule is COc1ccc(OC(C)=O)c2c(Br)c(OCc3ccccc3)cc(OC)c12. The van der Waals surface area contributed by atoms with Crippen LogP contribution in [0.15, 0.2) is 53.0 Å². The monoisotopic (exact) mass is 430 g/mol. The van der Waals surface area contributed by atoms with Crippen molar-refractivity contribution in [2.75, 3.05) is 14.2 Å². The van der Waals surface area contributed by atoms with Gasteiger partial charge >= 0.3 is 5.97 Å². The van der Waals surface area contributed by atoms with Crippen LogP contribution in [0.25, 0.3) is 10.8 Å². The van der Waals surface area contributed by atoms with Gasteiger partial charge in [-0.25, -0.2) is 0 Å². The zero-order chi connectivity index (χ0) is 19.4. The predicted octanol–water partition coefficient (Wildman–Crippen LogP) is 5.12. The third kappa shape index (κ3) is 4.01. The lowest BCUT2D eigenvalue weighted by molar-refractivity contribution is -0.131. The molecule has 6 heteroatoms. The molecule has 0 aliphatic carbocycles. The van der Waals surface area contributed by atoms with Gasteiger partial charge in [-0.2, -0.15) is 0 Å². The zero-order valence-corrected chi connectivity index (χ0v) is 16.8. The molecule has 0 aromatic heterocycles. The molecule has 0 bridgehead atoms. The second kappa shape index (κ2) is 8.31. The molecule has 140 valence electrons. The fraction of sp³-hybridized carbons (Fsp3) is 0.190. The highest BCUT2D eigenvalue weighted by Crippen LogP contribution is 2.47. The summed E-state index contributed by atoms with van der Waals surface area (Å²) in [5, 5.41) is 1.34. The molecule has 0 saturated carbocycles. The van der Waals surface area contributed by atoms with Gasteiger partial charge in [0, 0.05) is 18.4 Å². The number of fused-ring (bicyclic) bond motifs is 1. The molecule has 5 nitrogen and oxygen atoms in total. The van der Waals surface area contributed by atoms with E-state index in [0.29, 0.717) is 44.9 Å². The van der Waals surface area contributed by atoms with Crippen molar-refractivity contribution in [3.63, 3.8) is 0 Å². The first-order valence-corrected chi connectivity index (χ1v) is 9.06. The summed E-state index contributed by atoms with van der Waals surface area (Å²) in [5.74, 6) is 1.72. The Labute approximate surface area is 165 Å². The number of esters is 1. The molecule has 27 heavy (non-hydrogen) atoms. The molecule has 0 heterocycles. The number of hydrogen-bond acceptors (Lipinski definition) is 5. The molecular formula is C21H19BrO5. The van der Waals surface area contributed by atoms with E-state index >= 15 is 0 Å². The third-order valence-corrected chi connectivity index (χ3v) is 4.79. The normalized spacial score (nSPS) is 10.5. The summed E-state index contributed by atoms with van der Waals surface area (Å²) >= 11 is 3.60. The Morgan fingerprint density at radius 1 is 0.889 bits per heavy atom. The van der Waals surface area contributed by atoms with Crippen LogP contribution >= 0.6 is 15.9 Å². The molecule has 3 aromatic rings.